The van der Waals surface area contributed by atoms with Crippen molar-refractivity contribution in [2.75, 3.05) is 14.2 Å². The summed E-state index contributed by atoms with van der Waals surface area (Å²) in [6, 6.07) is 5.08. The Kier molecular flexibility index (Phi) is 5.32. The molecule has 10 nitrogen and oxygen atoms in total. The van der Waals surface area contributed by atoms with Gasteiger partial charge in [-0.1, -0.05) is 0 Å². The average Bonchev–Trinajstić information content (AvgIpc) is 2.88. The number of nitrogens with one attached hydrogen (secondary N) is 1. The minimum Gasteiger partial charge on any atom is -0.497 e. The van der Waals surface area contributed by atoms with Crippen molar-refractivity contribution in [1.82, 2.24) is 15.2 Å². The Labute approximate surface area is 143 Å². The number of hydrogen-bond acceptors (Lipinski definition) is 7. The number of hydrogen-bond donors (Lipinski definition) is 1. The summed E-state index contributed by atoms with van der Waals surface area (Å²) >= 11 is 0. The molecule has 132 valence electrons. The Morgan fingerprint density at radius 3 is 2.72 bits per heavy atom. The largest absolute Gasteiger partial charge is 0.497 e. The van der Waals surface area contributed by atoms with Gasteiger partial charge in [0.1, 0.15) is 17.2 Å². The zero-order valence-corrected chi connectivity index (χ0v) is 14.1. The highest BCUT2D eigenvalue weighted by atomic mass is 16.6. The molecular formula is C15H17N5O5. The lowest BCUT2D eigenvalue weighted by molar-refractivity contribution is -0.385. The average molecular weight is 347 g/mol. The summed E-state index contributed by atoms with van der Waals surface area (Å²) in [6.45, 7) is 1.46. The van der Waals surface area contributed by atoms with E-state index in [4.69, 9.17) is 9.47 Å². The van der Waals surface area contributed by atoms with Gasteiger partial charge in [-0.25, -0.2) is 5.43 Å². The number of nitro groups is 1. The van der Waals surface area contributed by atoms with Crippen LogP contribution in [-0.4, -0.2) is 41.0 Å². The van der Waals surface area contributed by atoms with Gasteiger partial charge in [-0.15, -0.1) is 0 Å². The van der Waals surface area contributed by atoms with Gasteiger partial charge < -0.3 is 9.47 Å². The van der Waals surface area contributed by atoms with Crippen molar-refractivity contribution < 1.29 is 19.2 Å². The third-order valence-corrected chi connectivity index (χ3v) is 3.39. The summed E-state index contributed by atoms with van der Waals surface area (Å²) < 4.78 is 11.5. The number of benzene rings is 1. The highest BCUT2D eigenvalue weighted by Crippen LogP contribution is 2.23. The standard InChI is InChI=1S/C15H17N5O5/c1-9-13(20(22)23)14(19(2)18-9)15(21)17-16-8-10-7-11(24-3)5-6-12(10)25-4/h5-8H,1-4H3,(H,17,21)/b16-8+. The maximum absolute atomic E-state index is 12.2. The number of nitrogens with zero attached hydrogens (tertiary/aromatic N) is 4. The van der Waals surface area contributed by atoms with Crippen LogP contribution >= 0.6 is 0 Å². The fraction of sp³-hybridized carbons (Fsp3) is 0.267. The van der Waals surface area contributed by atoms with Crippen LogP contribution in [0.4, 0.5) is 5.69 Å². The van der Waals surface area contributed by atoms with Crippen molar-refractivity contribution in [3.8, 4) is 11.5 Å². The van der Waals surface area contributed by atoms with E-state index >= 15 is 0 Å². The van der Waals surface area contributed by atoms with Gasteiger partial charge >= 0.3 is 5.69 Å². The van der Waals surface area contributed by atoms with Crippen molar-refractivity contribution >= 4 is 17.8 Å². The van der Waals surface area contributed by atoms with Gasteiger partial charge in [0.15, 0.2) is 0 Å². The molecule has 1 aromatic heterocycles. The van der Waals surface area contributed by atoms with Crippen molar-refractivity contribution in [2.24, 2.45) is 12.1 Å². The van der Waals surface area contributed by atoms with Gasteiger partial charge in [0.2, 0.25) is 5.69 Å². The van der Waals surface area contributed by atoms with Gasteiger partial charge in [0.05, 0.1) is 25.4 Å². The molecule has 0 saturated heterocycles. The van der Waals surface area contributed by atoms with E-state index in [0.29, 0.717) is 17.1 Å². The van der Waals surface area contributed by atoms with Crippen LogP contribution in [0.25, 0.3) is 0 Å². The lowest BCUT2D eigenvalue weighted by Gasteiger charge is -2.06. The summed E-state index contributed by atoms with van der Waals surface area (Å²) in [5, 5.41) is 18.8. The molecule has 1 aromatic carbocycles. The van der Waals surface area contributed by atoms with E-state index in [1.165, 1.54) is 34.4 Å². The number of aromatic nitrogens is 2. The van der Waals surface area contributed by atoms with Crippen LogP contribution in [0.1, 0.15) is 21.7 Å². The SMILES string of the molecule is COc1ccc(OC)c(/C=N/NC(=O)c2c([N+](=O)[O-])c(C)nn2C)c1. The summed E-state index contributed by atoms with van der Waals surface area (Å²) in [5.41, 5.74) is 2.44. The molecule has 0 radical (unpaired) electrons. The number of rotatable bonds is 6. The molecule has 0 saturated carbocycles. The van der Waals surface area contributed by atoms with Crippen LogP contribution < -0.4 is 14.9 Å². The Balaban J connectivity index is 2.24. The van der Waals surface area contributed by atoms with Gasteiger partial charge in [-0.05, 0) is 25.1 Å². The molecule has 0 fully saturated rings. The molecule has 0 unspecified atom stereocenters. The fourth-order valence-electron chi connectivity index (χ4n) is 2.27. The number of methoxy groups -OCH3 is 2. The topological polar surface area (TPSA) is 121 Å². The Morgan fingerprint density at radius 2 is 2.12 bits per heavy atom. The molecule has 2 rings (SSSR count). The van der Waals surface area contributed by atoms with Crippen LogP contribution in [0.15, 0.2) is 23.3 Å². The van der Waals surface area contributed by atoms with Gasteiger partial charge in [-0.3, -0.25) is 19.6 Å². The van der Waals surface area contributed by atoms with Gasteiger partial charge in [0.25, 0.3) is 5.91 Å². The maximum atomic E-state index is 12.2. The van der Waals surface area contributed by atoms with Crippen molar-refractivity contribution in [3.63, 3.8) is 0 Å². The van der Waals surface area contributed by atoms with Crippen LogP contribution in [0.5, 0.6) is 11.5 Å². The van der Waals surface area contributed by atoms with E-state index in [9.17, 15) is 14.9 Å². The number of ether oxygens (including phenoxy) is 2. The second-order valence-electron chi connectivity index (χ2n) is 4.97. The first-order chi connectivity index (χ1) is 11.9. The summed E-state index contributed by atoms with van der Waals surface area (Å²) in [5.74, 6) is 0.376. The first-order valence-corrected chi connectivity index (χ1v) is 7.12. The zero-order chi connectivity index (χ0) is 18.6. The quantitative estimate of drug-likeness (QED) is 0.479. The van der Waals surface area contributed by atoms with Gasteiger partial charge in [0, 0.05) is 12.6 Å². The van der Waals surface area contributed by atoms with Crippen LogP contribution in [0, 0.1) is 17.0 Å². The number of carbonyl (C=O) groups excluding carboxylic acids is 1. The monoisotopic (exact) mass is 347 g/mol. The molecule has 25 heavy (non-hydrogen) atoms. The molecule has 10 heteroatoms. The van der Waals surface area contributed by atoms with Crippen molar-refractivity contribution in [3.05, 3.63) is 45.3 Å². The minimum atomic E-state index is -0.743. The van der Waals surface area contributed by atoms with E-state index in [-0.39, 0.29) is 17.1 Å². The maximum Gasteiger partial charge on any atom is 0.322 e. The molecule has 0 aliphatic rings. The molecule has 2 aromatic rings. The highest BCUT2D eigenvalue weighted by molar-refractivity contribution is 5.97. The molecule has 1 amide bonds. The molecule has 0 bridgehead atoms. The van der Waals surface area contributed by atoms with Crippen LogP contribution in [-0.2, 0) is 7.05 Å². The second-order valence-corrected chi connectivity index (χ2v) is 4.97. The van der Waals surface area contributed by atoms with Crippen molar-refractivity contribution in [2.45, 2.75) is 6.92 Å². The molecule has 0 atom stereocenters. The summed E-state index contributed by atoms with van der Waals surface area (Å²) in [7, 11) is 4.47. The van der Waals surface area contributed by atoms with Gasteiger partial charge in [-0.2, -0.15) is 10.2 Å². The first kappa shape index (κ1) is 17.9. The van der Waals surface area contributed by atoms with E-state index in [2.05, 4.69) is 15.6 Å². The Bertz CT molecular complexity index is 843. The van der Waals surface area contributed by atoms with Crippen LogP contribution in [0.3, 0.4) is 0 Å². The summed E-state index contributed by atoms with van der Waals surface area (Å²) in [6.07, 6.45) is 1.36. The van der Waals surface area contributed by atoms with Crippen molar-refractivity contribution in [1.29, 1.82) is 0 Å². The number of carbonyl (C=O) groups is 1. The second kappa shape index (κ2) is 7.43. The molecule has 0 aliphatic carbocycles. The lowest BCUT2D eigenvalue weighted by atomic mass is 10.2. The zero-order valence-electron chi connectivity index (χ0n) is 14.1. The molecule has 0 aliphatic heterocycles. The molecule has 0 spiro atoms. The third kappa shape index (κ3) is 3.74. The predicted octanol–water partition coefficient (Wildman–Crippen LogP) is 1.42. The van der Waals surface area contributed by atoms with Crippen LogP contribution in [0.2, 0.25) is 0 Å². The highest BCUT2D eigenvalue weighted by Gasteiger charge is 2.29. The molecular weight excluding hydrogens is 330 g/mol. The number of aryl methyl sites for hydroxylation is 2. The lowest BCUT2D eigenvalue weighted by Crippen LogP contribution is -2.22. The Morgan fingerprint density at radius 1 is 1.40 bits per heavy atom. The van der Waals surface area contributed by atoms with E-state index in [1.807, 2.05) is 0 Å². The van der Waals surface area contributed by atoms with E-state index in [0.717, 1.165) is 4.68 Å². The predicted molar refractivity (Wildman–Crippen MR) is 89.2 cm³/mol. The Hall–Kier alpha value is -3.43. The smallest absolute Gasteiger partial charge is 0.322 e. The first-order valence-electron chi connectivity index (χ1n) is 7.12. The van der Waals surface area contributed by atoms with E-state index < -0.39 is 10.8 Å². The molecule has 1 N–H and O–H groups in total. The third-order valence-electron chi connectivity index (χ3n) is 3.39. The minimum absolute atomic E-state index is 0.149. The number of amides is 1. The van der Waals surface area contributed by atoms with E-state index in [1.54, 1.807) is 18.2 Å². The number of hydrazone groups is 1. The fourth-order valence-corrected chi connectivity index (χ4v) is 2.27. The summed E-state index contributed by atoms with van der Waals surface area (Å²) in [4.78, 5) is 22.7. The molecule has 1 heterocycles. The normalized spacial score (nSPS) is 10.7.